The van der Waals surface area contributed by atoms with E-state index in [9.17, 15) is 4.79 Å². The van der Waals surface area contributed by atoms with Gasteiger partial charge in [0.2, 0.25) is 5.91 Å². The van der Waals surface area contributed by atoms with Gasteiger partial charge in [-0.25, -0.2) is 5.43 Å². The van der Waals surface area contributed by atoms with Crippen LogP contribution in [0.2, 0.25) is 0 Å². The van der Waals surface area contributed by atoms with Gasteiger partial charge in [0.15, 0.2) is 0 Å². The van der Waals surface area contributed by atoms with E-state index in [2.05, 4.69) is 10.5 Å². The van der Waals surface area contributed by atoms with Gasteiger partial charge in [0, 0.05) is 0 Å². The van der Waals surface area contributed by atoms with E-state index in [-0.39, 0.29) is 5.91 Å². The van der Waals surface area contributed by atoms with Gasteiger partial charge in [-0.15, -0.1) is 0 Å². The number of rotatable bonds is 5. The molecule has 0 spiro atoms. The van der Waals surface area contributed by atoms with Gasteiger partial charge in [-0.3, -0.25) is 4.79 Å². The number of amides is 1. The molecule has 0 radical (unpaired) electrons. The lowest BCUT2D eigenvalue weighted by molar-refractivity contribution is -0.120. The molecule has 0 saturated carbocycles. The van der Waals surface area contributed by atoms with Crippen LogP contribution in [-0.4, -0.2) is 19.2 Å². The fourth-order valence-corrected chi connectivity index (χ4v) is 2.53. The predicted molar refractivity (Wildman–Crippen MR) is 96.4 cm³/mol. The highest BCUT2D eigenvalue weighted by molar-refractivity contribution is 5.90. The Balaban J connectivity index is 1.63. The molecule has 0 aliphatic heterocycles. The Bertz CT molecular complexity index is 865. The number of hydrogen-bond donors (Lipinski definition) is 1. The van der Waals surface area contributed by atoms with E-state index < -0.39 is 0 Å². The molecule has 3 aromatic carbocycles. The van der Waals surface area contributed by atoms with Crippen LogP contribution in [0.1, 0.15) is 11.1 Å². The highest BCUT2D eigenvalue weighted by Gasteiger charge is 2.05. The van der Waals surface area contributed by atoms with Crippen LogP contribution in [-0.2, 0) is 11.2 Å². The number of nitrogens with one attached hydrogen (secondary N) is 1. The number of nitrogens with zero attached hydrogens (tertiary/aromatic N) is 1. The molecule has 3 rings (SSSR count). The first-order chi connectivity index (χ1) is 11.8. The quantitative estimate of drug-likeness (QED) is 0.578. The van der Waals surface area contributed by atoms with Crippen molar-refractivity contribution in [1.29, 1.82) is 0 Å². The second kappa shape index (κ2) is 7.42. The first-order valence-corrected chi connectivity index (χ1v) is 7.69. The van der Waals surface area contributed by atoms with Gasteiger partial charge in [0.05, 0.1) is 19.7 Å². The summed E-state index contributed by atoms with van der Waals surface area (Å²) in [6.07, 6.45) is 1.90. The van der Waals surface area contributed by atoms with Crippen molar-refractivity contribution in [1.82, 2.24) is 5.43 Å². The third kappa shape index (κ3) is 3.79. The summed E-state index contributed by atoms with van der Waals surface area (Å²) in [6, 6.07) is 21.4. The first-order valence-electron chi connectivity index (χ1n) is 7.69. The second-order valence-corrected chi connectivity index (χ2v) is 5.38. The maximum absolute atomic E-state index is 12.1. The summed E-state index contributed by atoms with van der Waals surface area (Å²) in [5.74, 6) is 0.642. The number of hydrazone groups is 1. The third-order valence-electron chi connectivity index (χ3n) is 3.75. The molecular formula is C20H18N2O2. The molecule has 0 bridgehead atoms. The summed E-state index contributed by atoms with van der Waals surface area (Å²) in [6.45, 7) is 0. The number of ether oxygens (including phenoxy) is 1. The molecule has 0 aromatic heterocycles. The van der Waals surface area contributed by atoms with Gasteiger partial charge in [-0.05, 0) is 46.2 Å². The van der Waals surface area contributed by atoms with Gasteiger partial charge in [-0.2, -0.15) is 5.10 Å². The number of benzene rings is 3. The van der Waals surface area contributed by atoms with Crippen LogP contribution in [0.15, 0.2) is 71.8 Å². The van der Waals surface area contributed by atoms with Crippen LogP contribution in [0.4, 0.5) is 0 Å². The van der Waals surface area contributed by atoms with Crippen LogP contribution in [0.25, 0.3) is 10.8 Å². The zero-order chi connectivity index (χ0) is 16.8. The fraction of sp³-hybridized carbons (Fsp3) is 0.100. The van der Waals surface area contributed by atoms with Crippen molar-refractivity contribution in [3.63, 3.8) is 0 Å². The summed E-state index contributed by atoms with van der Waals surface area (Å²) in [5.41, 5.74) is 4.45. The lowest BCUT2D eigenvalue weighted by atomic mass is 10.0. The maximum atomic E-state index is 12.1. The zero-order valence-corrected chi connectivity index (χ0v) is 13.4. The normalized spacial score (nSPS) is 10.9. The lowest BCUT2D eigenvalue weighted by Gasteiger charge is -2.05. The SMILES string of the molecule is COc1ccc(/C=N\NC(=O)Cc2cccc3ccccc23)cc1. The Morgan fingerprint density at radius 2 is 1.79 bits per heavy atom. The molecule has 120 valence electrons. The Hall–Kier alpha value is -3.14. The molecule has 0 aliphatic rings. The van der Waals surface area contributed by atoms with E-state index in [4.69, 9.17) is 4.74 Å². The van der Waals surface area contributed by atoms with Crippen molar-refractivity contribution >= 4 is 22.9 Å². The molecule has 4 nitrogen and oxygen atoms in total. The predicted octanol–water partition coefficient (Wildman–Crippen LogP) is 3.54. The summed E-state index contributed by atoms with van der Waals surface area (Å²) in [5, 5.41) is 6.23. The molecule has 0 saturated heterocycles. The van der Waals surface area contributed by atoms with Crippen molar-refractivity contribution in [2.75, 3.05) is 7.11 Å². The van der Waals surface area contributed by atoms with Crippen LogP contribution in [0.3, 0.4) is 0 Å². The summed E-state index contributed by atoms with van der Waals surface area (Å²) >= 11 is 0. The van der Waals surface area contributed by atoms with E-state index in [0.717, 1.165) is 27.6 Å². The van der Waals surface area contributed by atoms with Gasteiger partial charge < -0.3 is 4.74 Å². The molecule has 1 N–H and O–H groups in total. The molecule has 0 atom stereocenters. The largest absolute Gasteiger partial charge is 0.497 e. The molecule has 24 heavy (non-hydrogen) atoms. The van der Waals surface area contributed by atoms with Crippen molar-refractivity contribution in [2.24, 2.45) is 5.10 Å². The van der Waals surface area contributed by atoms with E-state index in [1.54, 1.807) is 13.3 Å². The van der Waals surface area contributed by atoms with Crippen molar-refractivity contribution in [2.45, 2.75) is 6.42 Å². The Labute approximate surface area is 140 Å². The molecule has 0 heterocycles. The summed E-state index contributed by atoms with van der Waals surface area (Å²) in [4.78, 5) is 12.1. The van der Waals surface area contributed by atoms with Crippen molar-refractivity contribution in [3.8, 4) is 5.75 Å². The van der Waals surface area contributed by atoms with Crippen LogP contribution in [0.5, 0.6) is 5.75 Å². The van der Waals surface area contributed by atoms with Gasteiger partial charge in [-0.1, -0.05) is 42.5 Å². The van der Waals surface area contributed by atoms with Crippen LogP contribution >= 0.6 is 0 Å². The van der Waals surface area contributed by atoms with Gasteiger partial charge >= 0.3 is 0 Å². The summed E-state index contributed by atoms with van der Waals surface area (Å²) in [7, 11) is 1.62. The minimum Gasteiger partial charge on any atom is -0.497 e. The zero-order valence-electron chi connectivity index (χ0n) is 13.4. The fourth-order valence-electron chi connectivity index (χ4n) is 2.53. The van der Waals surface area contributed by atoms with Crippen molar-refractivity contribution < 1.29 is 9.53 Å². The number of methoxy groups -OCH3 is 1. The van der Waals surface area contributed by atoms with E-state index >= 15 is 0 Å². The number of hydrogen-bond acceptors (Lipinski definition) is 3. The molecule has 4 heteroatoms. The first kappa shape index (κ1) is 15.7. The van der Waals surface area contributed by atoms with E-state index in [1.165, 1.54) is 0 Å². The van der Waals surface area contributed by atoms with Gasteiger partial charge in [0.25, 0.3) is 0 Å². The molecular weight excluding hydrogens is 300 g/mol. The Morgan fingerprint density at radius 1 is 1.04 bits per heavy atom. The average molecular weight is 318 g/mol. The number of carbonyl (C=O) groups is 1. The third-order valence-corrected chi connectivity index (χ3v) is 3.75. The number of fused-ring (bicyclic) bond motifs is 1. The molecule has 1 amide bonds. The highest BCUT2D eigenvalue weighted by Crippen LogP contribution is 2.18. The van der Waals surface area contributed by atoms with E-state index in [1.807, 2.05) is 66.7 Å². The second-order valence-electron chi connectivity index (χ2n) is 5.38. The molecule has 3 aromatic rings. The molecule has 0 aliphatic carbocycles. The van der Waals surface area contributed by atoms with E-state index in [0.29, 0.717) is 6.42 Å². The van der Waals surface area contributed by atoms with Crippen LogP contribution < -0.4 is 10.2 Å². The lowest BCUT2D eigenvalue weighted by Crippen LogP contribution is -2.19. The average Bonchev–Trinajstić information content (AvgIpc) is 2.63. The molecule has 0 unspecified atom stereocenters. The molecule has 0 fully saturated rings. The minimum atomic E-state index is -0.142. The standard InChI is InChI=1S/C20H18N2O2/c1-24-18-11-9-15(10-12-18)14-21-22-20(23)13-17-7-4-6-16-5-2-3-8-19(16)17/h2-12,14H,13H2,1H3,(H,22,23)/b21-14-. The monoisotopic (exact) mass is 318 g/mol. The Kier molecular flexibility index (Phi) is 4.87. The maximum Gasteiger partial charge on any atom is 0.244 e. The van der Waals surface area contributed by atoms with Crippen molar-refractivity contribution in [3.05, 3.63) is 77.9 Å². The summed E-state index contributed by atoms with van der Waals surface area (Å²) < 4.78 is 5.10. The smallest absolute Gasteiger partial charge is 0.244 e. The topological polar surface area (TPSA) is 50.7 Å². The number of carbonyl (C=O) groups excluding carboxylic acids is 1. The van der Waals surface area contributed by atoms with Crippen LogP contribution in [0, 0.1) is 0 Å². The highest BCUT2D eigenvalue weighted by atomic mass is 16.5. The Morgan fingerprint density at radius 3 is 2.58 bits per heavy atom. The van der Waals surface area contributed by atoms with Gasteiger partial charge in [0.1, 0.15) is 5.75 Å². The minimum absolute atomic E-state index is 0.142.